The van der Waals surface area contributed by atoms with Gasteiger partial charge < -0.3 is 36.0 Å². The van der Waals surface area contributed by atoms with Crippen molar-refractivity contribution in [3.05, 3.63) is 35.9 Å². The second kappa shape index (κ2) is 13.9. The highest BCUT2D eigenvalue weighted by Crippen LogP contribution is 2.18. The third-order valence-electron chi connectivity index (χ3n) is 6.04. The standard InChI is InChI=1S/C24H34N6O6/c31-20(7-4-10-25-23-26-11-12-27-23)30-13-8-18(9-14-30)21(32)28-15-19(22(33)34)29-24(35)36-16-17-5-2-1-3-6-17/h1-3,5-6,18-19H,4,7-16H2,(H,28,32)(H,29,35)(H,33,34)(H2,25,26,27). The van der Waals surface area contributed by atoms with Gasteiger partial charge in [-0.2, -0.15) is 0 Å². The van der Waals surface area contributed by atoms with Gasteiger partial charge in [-0.05, 0) is 24.8 Å². The average Bonchev–Trinajstić information content (AvgIpc) is 3.41. The zero-order chi connectivity index (χ0) is 25.8. The Morgan fingerprint density at radius 1 is 1.17 bits per heavy atom. The molecule has 3 amide bonds. The minimum absolute atomic E-state index is 0.00563. The summed E-state index contributed by atoms with van der Waals surface area (Å²) in [7, 11) is 0. The number of likely N-dealkylation sites (tertiary alicyclic amines) is 1. The summed E-state index contributed by atoms with van der Waals surface area (Å²) >= 11 is 0. The number of nitrogens with one attached hydrogen (secondary N) is 4. The molecule has 1 unspecified atom stereocenters. The van der Waals surface area contributed by atoms with Crippen LogP contribution in [0.3, 0.4) is 0 Å². The van der Waals surface area contributed by atoms with Crippen molar-refractivity contribution in [1.29, 1.82) is 0 Å². The number of benzene rings is 1. The Morgan fingerprint density at radius 2 is 1.92 bits per heavy atom. The molecule has 0 spiro atoms. The molecule has 1 saturated heterocycles. The van der Waals surface area contributed by atoms with Gasteiger partial charge in [0.2, 0.25) is 11.8 Å². The normalized spacial score (nSPS) is 16.3. The first-order valence-corrected chi connectivity index (χ1v) is 12.2. The number of alkyl carbamates (subject to hydrolysis) is 1. The number of aliphatic carboxylic acids is 1. The van der Waals surface area contributed by atoms with E-state index >= 15 is 0 Å². The maximum absolute atomic E-state index is 12.6. The summed E-state index contributed by atoms with van der Waals surface area (Å²) in [4.78, 5) is 54.5. The number of hydrogen-bond donors (Lipinski definition) is 5. The first-order valence-electron chi connectivity index (χ1n) is 12.2. The van der Waals surface area contributed by atoms with Gasteiger partial charge in [0.15, 0.2) is 5.96 Å². The lowest BCUT2D eigenvalue weighted by Crippen LogP contribution is -2.50. The first-order chi connectivity index (χ1) is 17.4. The van der Waals surface area contributed by atoms with E-state index in [0.29, 0.717) is 45.3 Å². The van der Waals surface area contributed by atoms with Gasteiger partial charge in [-0.1, -0.05) is 30.3 Å². The van der Waals surface area contributed by atoms with Crippen molar-refractivity contribution in [2.24, 2.45) is 10.9 Å². The van der Waals surface area contributed by atoms with Crippen molar-refractivity contribution >= 4 is 29.8 Å². The van der Waals surface area contributed by atoms with Crippen LogP contribution in [0.15, 0.2) is 35.3 Å². The van der Waals surface area contributed by atoms with Crippen LogP contribution in [-0.4, -0.2) is 85.2 Å². The number of carbonyl (C=O) groups excluding carboxylic acids is 3. The lowest BCUT2D eigenvalue weighted by atomic mass is 9.95. The highest BCUT2D eigenvalue weighted by molar-refractivity contribution is 5.83. The molecule has 12 heteroatoms. The van der Waals surface area contributed by atoms with E-state index < -0.39 is 18.1 Å². The molecule has 0 bridgehead atoms. The lowest BCUT2D eigenvalue weighted by molar-refractivity contribution is -0.140. The fourth-order valence-electron chi connectivity index (χ4n) is 3.97. The van der Waals surface area contributed by atoms with Crippen LogP contribution in [0.2, 0.25) is 0 Å². The number of rotatable bonds is 11. The van der Waals surface area contributed by atoms with Crippen LogP contribution in [-0.2, 0) is 25.7 Å². The molecule has 0 saturated carbocycles. The summed E-state index contributed by atoms with van der Waals surface area (Å²) in [6.07, 6.45) is 1.23. The molecule has 1 aromatic rings. The van der Waals surface area contributed by atoms with Gasteiger partial charge >= 0.3 is 12.1 Å². The maximum atomic E-state index is 12.6. The highest BCUT2D eigenvalue weighted by atomic mass is 16.5. The fraction of sp³-hybridized carbons (Fsp3) is 0.542. The summed E-state index contributed by atoms with van der Waals surface area (Å²) < 4.78 is 5.05. The van der Waals surface area contributed by atoms with E-state index in [1.54, 1.807) is 29.2 Å². The highest BCUT2D eigenvalue weighted by Gasteiger charge is 2.28. The molecule has 1 aromatic carbocycles. The van der Waals surface area contributed by atoms with Gasteiger partial charge in [0.25, 0.3) is 0 Å². The van der Waals surface area contributed by atoms with Crippen LogP contribution >= 0.6 is 0 Å². The van der Waals surface area contributed by atoms with E-state index in [2.05, 4.69) is 26.3 Å². The summed E-state index contributed by atoms with van der Waals surface area (Å²) in [5.74, 6) is -1.05. The summed E-state index contributed by atoms with van der Waals surface area (Å²) in [6, 6.07) is 7.68. The molecular weight excluding hydrogens is 468 g/mol. The topological polar surface area (TPSA) is 161 Å². The summed E-state index contributed by atoms with van der Waals surface area (Å²) in [6.45, 7) is 2.95. The van der Waals surface area contributed by atoms with Crippen LogP contribution in [0, 0.1) is 5.92 Å². The van der Waals surface area contributed by atoms with Crippen LogP contribution in [0.4, 0.5) is 4.79 Å². The van der Waals surface area contributed by atoms with Crippen molar-refractivity contribution in [1.82, 2.24) is 26.2 Å². The molecular formula is C24H34N6O6. The largest absolute Gasteiger partial charge is 0.480 e. The quantitative estimate of drug-likeness (QED) is 0.265. The molecule has 36 heavy (non-hydrogen) atoms. The van der Waals surface area contributed by atoms with Crippen LogP contribution in [0.5, 0.6) is 0 Å². The molecule has 0 aliphatic carbocycles. The number of aliphatic imine (C=N–C) groups is 1. The number of carboxylic acids is 1. The van der Waals surface area contributed by atoms with Crippen LogP contribution in [0.25, 0.3) is 0 Å². The minimum atomic E-state index is -1.32. The Labute approximate surface area is 209 Å². The molecule has 0 radical (unpaired) electrons. The number of guanidine groups is 1. The summed E-state index contributed by atoms with van der Waals surface area (Å²) in [5.41, 5.74) is 0.769. The van der Waals surface area contributed by atoms with E-state index in [4.69, 9.17) is 4.74 Å². The van der Waals surface area contributed by atoms with Crippen molar-refractivity contribution in [2.75, 3.05) is 39.3 Å². The smallest absolute Gasteiger partial charge is 0.408 e. The maximum Gasteiger partial charge on any atom is 0.408 e. The Balaban J connectivity index is 1.32. The number of carboxylic acid groups (broad SMARTS) is 1. The number of amides is 3. The Hall–Kier alpha value is -3.83. The molecule has 0 aromatic heterocycles. The molecule has 2 heterocycles. The van der Waals surface area contributed by atoms with Gasteiger partial charge in [-0.3, -0.25) is 14.6 Å². The number of carbonyl (C=O) groups is 4. The zero-order valence-electron chi connectivity index (χ0n) is 20.2. The van der Waals surface area contributed by atoms with E-state index in [0.717, 1.165) is 24.6 Å². The predicted molar refractivity (Wildman–Crippen MR) is 131 cm³/mol. The van der Waals surface area contributed by atoms with Gasteiger partial charge in [0.1, 0.15) is 12.6 Å². The van der Waals surface area contributed by atoms with Crippen molar-refractivity contribution in [2.45, 2.75) is 38.3 Å². The number of nitrogens with zero attached hydrogens (tertiary/aromatic N) is 2. The molecule has 196 valence electrons. The Bertz CT molecular complexity index is 932. The second-order valence-electron chi connectivity index (χ2n) is 8.68. The van der Waals surface area contributed by atoms with E-state index in [9.17, 15) is 24.3 Å². The second-order valence-corrected chi connectivity index (χ2v) is 8.68. The van der Waals surface area contributed by atoms with Gasteiger partial charge in [-0.25, -0.2) is 9.59 Å². The number of piperidine rings is 1. The van der Waals surface area contributed by atoms with Crippen LogP contribution < -0.4 is 21.3 Å². The van der Waals surface area contributed by atoms with Crippen molar-refractivity contribution < 1.29 is 29.0 Å². The van der Waals surface area contributed by atoms with E-state index in [1.165, 1.54) is 0 Å². The fourth-order valence-corrected chi connectivity index (χ4v) is 3.97. The molecule has 1 fully saturated rings. The summed E-state index contributed by atoms with van der Waals surface area (Å²) in [5, 5.41) is 20.5. The lowest BCUT2D eigenvalue weighted by Gasteiger charge is -2.31. The number of ether oxygens (including phenoxy) is 1. The number of hydrogen-bond acceptors (Lipinski definition) is 8. The molecule has 3 rings (SSSR count). The van der Waals surface area contributed by atoms with E-state index in [1.807, 2.05) is 6.07 Å². The average molecular weight is 503 g/mol. The van der Waals surface area contributed by atoms with E-state index in [-0.39, 0.29) is 30.9 Å². The van der Waals surface area contributed by atoms with Crippen molar-refractivity contribution in [3.63, 3.8) is 0 Å². The SMILES string of the molecule is O=C(NC(CNC(=O)C1CCN(C(=O)CCCNC2=NCCN2)CC1)C(=O)O)OCc1ccccc1. The Morgan fingerprint density at radius 3 is 2.58 bits per heavy atom. The Kier molecular flexibility index (Phi) is 10.3. The molecule has 5 N–H and O–H groups in total. The first kappa shape index (κ1) is 26.8. The zero-order valence-corrected chi connectivity index (χ0v) is 20.2. The van der Waals surface area contributed by atoms with Crippen molar-refractivity contribution in [3.8, 4) is 0 Å². The van der Waals surface area contributed by atoms with Gasteiger partial charge in [0, 0.05) is 45.1 Å². The van der Waals surface area contributed by atoms with Gasteiger partial charge in [-0.15, -0.1) is 0 Å². The third kappa shape index (κ3) is 8.75. The molecule has 2 aliphatic rings. The van der Waals surface area contributed by atoms with Crippen LogP contribution in [0.1, 0.15) is 31.2 Å². The monoisotopic (exact) mass is 502 g/mol. The predicted octanol–water partition coefficient (Wildman–Crippen LogP) is 0.0498. The molecule has 12 nitrogen and oxygen atoms in total. The third-order valence-corrected chi connectivity index (χ3v) is 6.04. The molecule has 1 atom stereocenters. The minimum Gasteiger partial charge on any atom is -0.480 e. The molecule has 2 aliphatic heterocycles. The van der Waals surface area contributed by atoms with Gasteiger partial charge in [0.05, 0.1) is 6.54 Å².